The van der Waals surface area contributed by atoms with Gasteiger partial charge in [-0.15, -0.1) is 0 Å². The van der Waals surface area contributed by atoms with Crippen molar-refractivity contribution in [2.75, 3.05) is 13.1 Å². The Bertz CT molecular complexity index is 482. The lowest BCUT2D eigenvalue weighted by Crippen LogP contribution is -2.46. The molecule has 2 N–H and O–H groups in total. The predicted molar refractivity (Wildman–Crippen MR) is 63.9 cm³/mol. The number of aryl methyl sites for hydroxylation is 1. The van der Waals surface area contributed by atoms with Crippen LogP contribution in [0.2, 0.25) is 0 Å². The molecule has 1 aliphatic heterocycles. The first-order chi connectivity index (χ1) is 8.05. The summed E-state index contributed by atoms with van der Waals surface area (Å²) in [5, 5.41) is 4.25. The summed E-state index contributed by atoms with van der Waals surface area (Å²) in [4.78, 5) is 0. The summed E-state index contributed by atoms with van der Waals surface area (Å²) in [6, 6.07) is 1.48. The van der Waals surface area contributed by atoms with Crippen molar-refractivity contribution in [3.05, 3.63) is 12.3 Å². The van der Waals surface area contributed by atoms with Gasteiger partial charge in [0.1, 0.15) is 0 Å². The fourth-order valence-electron chi connectivity index (χ4n) is 2.10. The molecule has 1 aromatic rings. The van der Waals surface area contributed by atoms with E-state index in [9.17, 15) is 8.42 Å². The van der Waals surface area contributed by atoms with Gasteiger partial charge in [0.25, 0.3) is 10.0 Å². The van der Waals surface area contributed by atoms with Crippen molar-refractivity contribution in [3.8, 4) is 0 Å². The number of nitrogens with two attached hydrogens (primary N) is 1. The largest absolute Gasteiger partial charge is 0.327 e. The fourth-order valence-corrected chi connectivity index (χ4v) is 3.80. The fraction of sp³-hybridized carbons (Fsp3) is 0.700. The Balaban J connectivity index is 2.30. The zero-order valence-electron chi connectivity index (χ0n) is 9.91. The van der Waals surface area contributed by atoms with Crippen LogP contribution in [0.5, 0.6) is 0 Å². The summed E-state index contributed by atoms with van der Waals surface area (Å²) in [7, 11) is -3.44. The Morgan fingerprint density at radius 2 is 2.35 bits per heavy atom. The lowest BCUT2D eigenvalue weighted by Gasteiger charge is -2.29. The molecule has 2 rings (SSSR count). The van der Waals surface area contributed by atoms with Gasteiger partial charge in [0.05, 0.1) is 6.20 Å². The Hall–Kier alpha value is -0.920. The van der Waals surface area contributed by atoms with Gasteiger partial charge in [0, 0.05) is 25.7 Å². The minimum Gasteiger partial charge on any atom is -0.327 e. The smallest absolute Gasteiger partial charge is 0.260 e. The van der Waals surface area contributed by atoms with E-state index in [2.05, 4.69) is 5.10 Å². The third-order valence-electron chi connectivity index (χ3n) is 3.00. The lowest BCUT2D eigenvalue weighted by molar-refractivity contribution is 0.313. The Morgan fingerprint density at radius 1 is 1.59 bits per heavy atom. The first-order valence-corrected chi connectivity index (χ1v) is 7.27. The highest BCUT2D eigenvalue weighted by molar-refractivity contribution is 7.89. The van der Waals surface area contributed by atoms with Crippen molar-refractivity contribution in [1.82, 2.24) is 14.1 Å². The topological polar surface area (TPSA) is 81.2 Å². The molecule has 1 aromatic heterocycles. The van der Waals surface area contributed by atoms with E-state index in [1.165, 1.54) is 15.2 Å². The molecule has 0 saturated carbocycles. The van der Waals surface area contributed by atoms with E-state index in [1.54, 1.807) is 6.07 Å². The normalized spacial score (nSPS) is 22.8. The van der Waals surface area contributed by atoms with E-state index in [1.807, 2.05) is 6.92 Å². The van der Waals surface area contributed by atoms with E-state index < -0.39 is 10.0 Å². The third kappa shape index (κ3) is 2.36. The summed E-state index contributed by atoms with van der Waals surface area (Å²) >= 11 is 0. The molecular formula is C10H18N4O2S. The van der Waals surface area contributed by atoms with Crippen LogP contribution >= 0.6 is 0 Å². The molecule has 0 bridgehead atoms. The number of nitrogens with zero attached hydrogens (tertiary/aromatic N) is 3. The summed E-state index contributed by atoms with van der Waals surface area (Å²) in [6.07, 6.45) is 3.22. The number of aromatic nitrogens is 2. The zero-order chi connectivity index (χ0) is 12.5. The summed E-state index contributed by atoms with van der Waals surface area (Å²) in [5.41, 5.74) is 5.82. The maximum Gasteiger partial charge on any atom is 0.260 e. The highest BCUT2D eigenvalue weighted by Gasteiger charge is 2.30. The second-order valence-electron chi connectivity index (χ2n) is 4.25. The van der Waals surface area contributed by atoms with Crippen LogP contribution in [0.3, 0.4) is 0 Å². The average Bonchev–Trinajstić information content (AvgIpc) is 2.77. The molecular weight excluding hydrogens is 240 g/mol. The van der Waals surface area contributed by atoms with E-state index in [0.717, 1.165) is 12.8 Å². The standard InChI is InChI=1S/C10H18N4O2S/c1-2-14-10(5-6-12-14)17(15,16)13-7-3-4-9(11)8-13/h5-6,9H,2-4,7-8,11H2,1H3/t9-/m0/s1. The van der Waals surface area contributed by atoms with Gasteiger partial charge >= 0.3 is 0 Å². The van der Waals surface area contributed by atoms with Gasteiger partial charge in [-0.05, 0) is 25.8 Å². The van der Waals surface area contributed by atoms with E-state index >= 15 is 0 Å². The molecule has 17 heavy (non-hydrogen) atoms. The molecule has 1 aliphatic rings. The Morgan fingerprint density at radius 3 is 3.00 bits per heavy atom. The Kier molecular flexibility index (Phi) is 3.50. The van der Waals surface area contributed by atoms with Crippen LogP contribution in [0.4, 0.5) is 0 Å². The van der Waals surface area contributed by atoms with Crippen LogP contribution in [-0.2, 0) is 16.6 Å². The minimum atomic E-state index is -3.44. The minimum absolute atomic E-state index is 0.0588. The second-order valence-corrected chi connectivity index (χ2v) is 6.14. The lowest BCUT2D eigenvalue weighted by atomic mass is 10.1. The van der Waals surface area contributed by atoms with E-state index in [-0.39, 0.29) is 11.1 Å². The highest BCUT2D eigenvalue weighted by atomic mass is 32.2. The molecule has 0 radical (unpaired) electrons. The van der Waals surface area contributed by atoms with Crippen molar-refractivity contribution in [3.63, 3.8) is 0 Å². The maximum atomic E-state index is 12.4. The van der Waals surface area contributed by atoms with Gasteiger partial charge in [-0.1, -0.05) is 0 Å². The number of piperidine rings is 1. The third-order valence-corrected chi connectivity index (χ3v) is 4.89. The second kappa shape index (κ2) is 4.75. The Labute approximate surface area is 101 Å². The molecule has 0 spiro atoms. The van der Waals surface area contributed by atoms with E-state index in [4.69, 9.17) is 5.73 Å². The number of hydrogen-bond donors (Lipinski definition) is 1. The van der Waals surface area contributed by atoms with Gasteiger partial charge < -0.3 is 5.73 Å². The van der Waals surface area contributed by atoms with Gasteiger partial charge in [0.15, 0.2) is 5.03 Å². The predicted octanol–water partition coefficient (Wildman–Crippen LogP) is 0.0148. The van der Waals surface area contributed by atoms with Crippen molar-refractivity contribution in [2.24, 2.45) is 5.73 Å². The van der Waals surface area contributed by atoms with Gasteiger partial charge in [-0.3, -0.25) is 4.68 Å². The molecule has 1 fully saturated rings. The van der Waals surface area contributed by atoms with Crippen LogP contribution in [0.25, 0.3) is 0 Å². The highest BCUT2D eigenvalue weighted by Crippen LogP contribution is 2.19. The molecule has 1 atom stereocenters. The van der Waals surface area contributed by atoms with Gasteiger partial charge in [-0.25, -0.2) is 8.42 Å². The van der Waals surface area contributed by atoms with Crippen LogP contribution in [-0.4, -0.2) is 41.6 Å². The average molecular weight is 258 g/mol. The zero-order valence-corrected chi connectivity index (χ0v) is 10.7. The summed E-state index contributed by atoms with van der Waals surface area (Å²) < 4.78 is 27.7. The van der Waals surface area contributed by atoms with Crippen molar-refractivity contribution in [1.29, 1.82) is 0 Å². The molecule has 6 nitrogen and oxygen atoms in total. The molecule has 0 aliphatic carbocycles. The van der Waals surface area contributed by atoms with E-state index in [0.29, 0.717) is 19.6 Å². The molecule has 0 unspecified atom stereocenters. The molecule has 1 saturated heterocycles. The molecule has 7 heteroatoms. The van der Waals surface area contributed by atoms with Crippen LogP contribution < -0.4 is 5.73 Å². The van der Waals surface area contributed by atoms with Crippen molar-refractivity contribution in [2.45, 2.75) is 37.4 Å². The first-order valence-electron chi connectivity index (χ1n) is 5.83. The van der Waals surface area contributed by atoms with Gasteiger partial charge in [-0.2, -0.15) is 9.40 Å². The van der Waals surface area contributed by atoms with Crippen LogP contribution in [0, 0.1) is 0 Å². The van der Waals surface area contributed by atoms with Crippen molar-refractivity contribution >= 4 is 10.0 Å². The number of hydrogen-bond acceptors (Lipinski definition) is 4. The monoisotopic (exact) mass is 258 g/mol. The van der Waals surface area contributed by atoms with Crippen molar-refractivity contribution < 1.29 is 8.42 Å². The molecule has 96 valence electrons. The molecule has 0 amide bonds. The SMILES string of the molecule is CCn1nccc1S(=O)(=O)N1CCC[C@H](N)C1. The number of rotatable bonds is 3. The quantitative estimate of drug-likeness (QED) is 0.828. The number of sulfonamides is 1. The van der Waals surface area contributed by atoms with Gasteiger partial charge in [0.2, 0.25) is 0 Å². The van der Waals surface area contributed by atoms with Crippen LogP contribution in [0.1, 0.15) is 19.8 Å². The first kappa shape index (κ1) is 12.5. The van der Waals surface area contributed by atoms with Crippen LogP contribution in [0.15, 0.2) is 17.3 Å². The summed E-state index contributed by atoms with van der Waals surface area (Å²) in [5.74, 6) is 0. The summed E-state index contributed by atoms with van der Waals surface area (Å²) in [6.45, 7) is 3.36. The molecule has 2 heterocycles. The maximum absolute atomic E-state index is 12.4. The molecule has 0 aromatic carbocycles.